The third-order valence-electron chi connectivity index (χ3n) is 6.14. The van der Waals surface area contributed by atoms with Gasteiger partial charge in [0.25, 0.3) is 11.5 Å². The molecule has 2 aliphatic rings. The molecule has 33 heavy (non-hydrogen) atoms. The standard InChI is InChI=1S/C23H25FN6O3/c24-16-2-1-14-9-15(23(32)27-18(14)10-16)3-6-30-7-4-17(5-8-30)25-12-20-26-11-19-22(28-20)29-21(31)13-33-19/h1-2,9-11,17,25H,3-8,12-13H2,(H,27,32)(H,26,28,29,31). The molecule has 4 heterocycles. The predicted molar refractivity (Wildman–Crippen MR) is 121 cm³/mol. The molecule has 0 unspecified atom stereocenters. The van der Waals surface area contributed by atoms with Gasteiger partial charge in [-0.3, -0.25) is 9.59 Å². The van der Waals surface area contributed by atoms with Gasteiger partial charge in [-0.05, 0) is 62.0 Å². The highest BCUT2D eigenvalue weighted by molar-refractivity contribution is 5.94. The molecule has 0 radical (unpaired) electrons. The molecular weight excluding hydrogens is 427 g/mol. The Kier molecular flexibility index (Phi) is 6.01. The normalized spacial score (nSPS) is 16.9. The fourth-order valence-electron chi connectivity index (χ4n) is 4.28. The number of piperidine rings is 1. The quantitative estimate of drug-likeness (QED) is 0.521. The minimum atomic E-state index is -0.360. The molecule has 1 saturated heterocycles. The molecule has 1 amide bonds. The number of hydrogen-bond acceptors (Lipinski definition) is 7. The molecule has 2 aliphatic heterocycles. The number of aromatic nitrogens is 3. The number of rotatable bonds is 6. The van der Waals surface area contributed by atoms with Crippen LogP contribution in [0.1, 0.15) is 24.2 Å². The van der Waals surface area contributed by atoms with Gasteiger partial charge in [-0.25, -0.2) is 14.4 Å². The van der Waals surface area contributed by atoms with Crippen molar-refractivity contribution in [2.24, 2.45) is 0 Å². The number of hydrogen-bond donors (Lipinski definition) is 3. The summed E-state index contributed by atoms with van der Waals surface area (Å²) in [7, 11) is 0. The molecule has 10 heteroatoms. The van der Waals surface area contributed by atoms with E-state index in [2.05, 4.69) is 30.5 Å². The summed E-state index contributed by atoms with van der Waals surface area (Å²) in [5.74, 6) is 0.941. The number of aromatic amines is 1. The number of amides is 1. The fraction of sp³-hybridized carbons (Fsp3) is 0.391. The second-order valence-electron chi connectivity index (χ2n) is 8.44. The molecule has 1 fully saturated rings. The first-order valence-corrected chi connectivity index (χ1v) is 11.1. The molecule has 1 aromatic carbocycles. The molecule has 5 rings (SSSR count). The maximum atomic E-state index is 13.4. The lowest BCUT2D eigenvalue weighted by Crippen LogP contribution is -2.43. The van der Waals surface area contributed by atoms with Crippen LogP contribution in [0.4, 0.5) is 10.2 Å². The number of H-pyrrole nitrogens is 1. The summed E-state index contributed by atoms with van der Waals surface area (Å²) in [6.07, 6.45) is 4.21. The van der Waals surface area contributed by atoms with Gasteiger partial charge in [-0.2, -0.15) is 0 Å². The van der Waals surface area contributed by atoms with Gasteiger partial charge < -0.3 is 25.3 Å². The van der Waals surface area contributed by atoms with Gasteiger partial charge in [0.1, 0.15) is 11.6 Å². The SMILES string of the molecule is O=C1COc2cnc(CNC3CCN(CCc4cc5ccc(F)cc5[nH]c4=O)CC3)nc2N1. The van der Waals surface area contributed by atoms with Crippen LogP contribution in [0.5, 0.6) is 5.75 Å². The van der Waals surface area contributed by atoms with Crippen LogP contribution in [0.15, 0.2) is 35.3 Å². The zero-order chi connectivity index (χ0) is 22.8. The lowest BCUT2D eigenvalue weighted by atomic mass is 10.0. The Labute approximate surface area is 189 Å². The van der Waals surface area contributed by atoms with E-state index in [0.29, 0.717) is 41.9 Å². The summed E-state index contributed by atoms with van der Waals surface area (Å²) in [5, 5.41) is 7.03. The second kappa shape index (κ2) is 9.24. The molecule has 172 valence electrons. The van der Waals surface area contributed by atoms with Crippen molar-refractivity contribution < 1.29 is 13.9 Å². The number of halogens is 1. The summed E-state index contributed by atoms with van der Waals surface area (Å²) in [6.45, 7) is 3.17. The van der Waals surface area contributed by atoms with Crippen molar-refractivity contribution in [3.8, 4) is 5.75 Å². The van der Waals surface area contributed by atoms with Crippen molar-refractivity contribution in [2.45, 2.75) is 31.8 Å². The Hall–Kier alpha value is -3.37. The minimum absolute atomic E-state index is 0.0121. The molecule has 3 aromatic rings. The van der Waals surface area contributed by atoms with E-state index in [0.717, 1.165) is 43.4 Å². The Morgan fingerprint density at radius 2 is 2.06 bits per heavy atom. The monoisotopic (exact) mass is 452 g/mol. The van der Waals surface area contributed by atoms with Gasteiger partial charge in [0.15, 0.2) is 18.2 Å². The van der Waals surface area contributed by atoms with Crippen molar-refractivity contribution in [1.82, 2.24) is 25.2 Å². The van der Waals surface area contributed by atoms with Crippen LogP contribution >= 0.6 is 0 Å². The van der Waals surface area contributed by atoms with Gasteiger partial charge in [0.2, 0.25) is 0 Å². The average Bonchev–Trinajstić information content (AvgIpc) is 2.82. The number of carbonyl (C=O) groups is 1. The average molecular weight is 452 g/mol. The third kappa shape index (κ3) is 5.01. The lowest BCUT2D eigenvalue weighted by Gasteiger charge is -2.32. The Morgan fingerprint density at radius 1 is 1.21 bits per heavy atom. The largest absolute Gasteiger partial charge is 0.478 e. The first kappa shape index (κ1) is 21.5. The molecule has 0 bridgehead atoms. The Morgan fingerprint density at radius 3 is 2.91 bits per heavy atom. The predicted octanol–water partition coefficient (Wildman–Crippen LogP) is 1.58. The first-order valence-electron chi connectivity index (χ1n) is 11.1. The number of likely N-dealkylation sites (tertiary alicyclic amines) is 1. The van der Waals surface area contributed by atoms with E-state index in [1.54, 1.807) is 12.3 Å². The van der Waals surface area contributed by atoms with Crippen LogP contribution in [0.2, 0.25) is 0 Å². The number of nitrogens with one attached hydrogen (secondary N) is 3. The van der Waals surface area contributed by atoms with E-state index >= 15 is 0 Å². The van der Waals surface area contributed by atoms with Crippen LogP contribution in [-0.4, -0.2) is 58.0 Å². The minimum Gasteiger partial charge on any atom is -0.478 e. The molecule has 9 nitrogen and oxygen atoms in total. The first-order chi connectivity index (χ1) is 16.0. The number of pyridine rings is 1. The molecule has 0 atom stereocenters. The van der Waals surface area contributed by atoms with Gasteiger partial charge in [0.05, 0.1) is 18.3 Å². The van der Waals surface area contributed by atoms with Crippen LogP contribution < -0.4 is 20.9 Å². The van der Waals surface area contributed by atoms with E-state index in [9.17, 15) is 14.0 Å². The number of anilines is 1. The van der Waals surface area contributed by atoms with Crippen molar-refractivity contribution in [2.75, 3.05) is 31.6 Å². The highest BCUT2D eigenvalue weighted by atomic mass is 19.1. The maximum Gasteiger partial charge on any atom is 0.263 e. The molecule has 0 saturated carbocycles. The van der Waals surface area contributed by atoms with Crippen LogP contribution in [0.3, 0.4) is 0 Å². The van der Waals surface area contributed by atoms with Crippen LogP contribution in [0, 0.1) is 5.82 Å². The number of carbonyl (C=O) groups excluding carboxylic acids is 1. The summed E-state index contributed by atoms with van der Waals surface area (Å²) in [6, 6.07) is 6.65. The molecular formula is C23H25FN6O3. The topological polar surface area (TPSA) is 112 Å². The van der Waals surface area contributed by atoms with Crippen molar-refractivity contribution in [3.63, 3.8) is 0 Å². The Balaban J connectivity index is 1.10. The molecule has 3 N–H and O–H groups in total. The van der Waals surface area contributed by atoms with Gasteiger partial charge in [-0.15, -0.1) is 0 Å². The smallest absolute Gasteiger partial charge is 0.263 e. The summed E-state index contributed by atoms with van der Waals surface area (Å²) >= 11 is 0. The second-order valence-corrected chi connectivity index (χ2v) is 8.44. The van der Waals surface area contributed by atoms with Gasteiger partial charge in [0, 0.05) is 18.2 Å². The van der Waals surface area contributed by atoms with E-state index in [-0.39, 0.29) is 23.9 Å². The highest BCUT2D eigenvalue weighted by Crippen LogP contribution is 2.23. The summed E-state index contributed by atoms with van der Waals surface area (Å²) in [5.41, 5.74) is 1.08. The summed E-state index contributed by atoms with van der Waals surface area (Å²) < 4.78 is 18.6. The van der Waals surface area contributed by atoms with Crippen molar-refractivity contribution >= 4 is 22.6 Å². The number of nitrogens with zero attached hydrogens (tertiary/aromatic N) is 3. The third-order valence-corrected chi connectivity index (χ3v) is 6.14. The molecule has 0 spiro atoms. The Bertz CT molecular complexity index is 1240. The fourth-order valence-corrected chi connectivity index (χ4v) is 4.28. The van der Waals surface area contributed by atoms with E-state index in [1.807, 2.05) is 6.07 Å². The number of fused-ring (bicyclic) bond motifs is 2. The molecule has 0 aliphatic carbocycles. The van der Waals surface area contributed by atoms with Crippen LogP contribution in [0.25, 0.3) is 10.9 Å². The zero-order valence-corrected chi connectivity index (χ0v) is 18.1. The van der Waals surface area contributed by atoms with E-state index < -0.39 is 0 Å². The lowest BCUT2D eigenvalue weighted by molar-refractivity contribution is -0.118. The van der Waals surface area contributed by atoms with E-state index in [4.69, 9.17) is 4.74 Å². The number of benzene rings is 1. The summed E-state index contributed by atoms with van der Waals surface area (Å²) in [4.78, 5) is 37.6. The van der Waals surface area contributed by atoms with Gasteiger partial charge >= 0.3 is 0 Å². The highest BCUT2D eigenvalue weighted by Gasteiger charge is 2.21. The van der Waals surface area contributed by atoms with Crippen LogP contribution in [-0.2, 0) is 17.8 Å². The maximum absolute atomic E-state index is 13.4. The van der Waals surface area contributed by atoms with Crippen molar-refractivity contribution in [1.29, 1.82) is 0 Å². The molecule has 2 aromatic heterocycles. The van der Waals surface area contributed by atoms with Crippen molar-refractivity contribution in [3.05, 3.63) is 58.0 Å². The van der Waals surface area contributed by atoms with E-state index in [1.165, 1.54) is 12.1 Å². The van der Waals surface area contributed by atoms with Gasteiger partial charge in [-0.1, -0.05) is 0 Å². The number of ether oxygens (including phenoxy) is 1. The zero-order valence-electron chi connectivity index (χ0n) is 18.1.